The van der Waals surface area contributed by atoms with Crippen molar-refractivity contribution in [3.8, 4) is 5.13 Å². The molecule has 0 aliphatic heterocycles. The normalized spacial score (nSPS) is 12.2. The fourth-order valence-corrected chi connectivity index (χ4v) is 3.43. The molecule has 1 unspecified atom stereocenters. The predicted octanol–water partition coefficient (Wildman–Crippen LogP) is 3.81. The highest BCUT2D eigenvalue weighted by Gasteiger charge is 2.20. The van der Waals surface area contributed by atoms with E-state index in [0.717, 1.165) is 21.7 Å². The zero-order valence-corrected chi connectivity index (χ0v) is 14.8. The molecule has 2 aromatic carbocycles. The molecule has 2 heterocycles. The average molecular weight is 364 g/mol. The number of anilines is 1. The van der Waals surface area contributed by atoms with Crippen molar-refractivity contribution in [2.24, 2.45) is 0 Å². The highest BCUT2D eigenvalue weighted by atomic mass is 32.1. The molecular formula is C19H16N4O2S. The number of carbonyl (C=O) groups is 1. The molecule has 4 aromatic rings. The van der Waals surface area contributed by atoms with Gasteiger partial charge in [-0.15, -0.1) is 11.3 Å². The molecule has 26 heavy (non-hydrogen) atoms. The number of nitrogens with one attached hydrogen (secondary N) is 1. The molecule has 0 spiro atoms. The summed E-state index contributed by atoms with van der Waals surface area (Å²) in [5.74, 6) is -0.224. The first-order valence-electron chi connectivity index (χ1n) is 8.02. The van der Waals surface area contributed by atoms with Crippen molar-refractivity contribution in [3.05, 3.63) is 72.0 Å². The standard InChI is InChI=1S/C19H16N4O2S/c1-25-17(13-5-3-2-4-6-13)18(24)22-14-7-8-15-16(11-14)23(12-21-15)19-20-9-10-26-19/h2-12,17H,1H3,(H,22,24). The van der Waals surface area contributed by atoms with E-state index < -0.39 is 6.10 Å². The number of hydrogen-bond acceptors (Lipinski definition) is 5. The zero-order chi connectivity index (χ0) is 17.9. The zero-order valence-electron chi connectivity index (χ0n) is 14.0. The minimum absolute atomic E-state index is 0.224. The maximum Gasteiger partial charge on any atom is 0.258 e. The molecule has 0 saturated carbocycles. The third kappa shape index (κ3) is 3.10. The number of aromatic nitrogens is 3. The second kappa shape index (κ2) is 7.07. The van der Waals surface area contributed by atoms with E-state index in [1.165, 1.54) is 18.4 Å². The van der Waals surface area contributed by atoms with E-state index in [1.54, 1.807) is 12.5 Å². The lowest BCUT2D eigenvalue weighted by Crippen LogP contribution is -2.22. The molecule has 1 N–H and O–H groups in total. The van der Waals surface area contributed by atoms with Gasteiger partial charge in [0.2, 0.25) is 0 Å². The Kier molecular flexibility index (Phi) is 4.47. The third-order valence-electron chi connectivity index (χ3n) is 4.02. The van der Waals surface area contributed by atoms with Crippen molar-refractivity contribution < 1.29 is 9.53 Å². The Bertz CT molecular complexity index is 1030. The van der Waals surface area contributed by atoms with Gasteiger partial charge in [0.1, 0.15) is 6.33 Å². The van der Waals surface area contributed by atoms with E-state index in [-0.39, 0.29) is 5.91 Å². The minimum atomic E-state index is -0.671. The van der Waals surface area contributed by atoms with Gasteiger partial charge < -0.3 is 10.1 Å². The van der Waals surface area contributed by atoms with Gasteiger partial charge in [-0.3, -0.25) is 9.36 Å². The van der Waals surface area contributed by atoms with Gasteiger partial charge in [-0.1, -0.05) is 30.3 Å². The van der Waals surface area contributed by atoms with Crippen molar-refractivity contribution in [2.75, 3.05) is 12.4 Å². The van der Waals surface area contributed by atoms with E-state index >= 15 is 0 Å². The van der Waals surface area contributed by atoms with Crippen molar-refractivity contribution in [3.63, 3.8) is 0 Å². The second-order valence-electron chi connectivity index (χ2n) is 5.65. The predicted molar refractivity (Wildman–Crippen MR) is 102 cm³/mol. The van der Waals surface area contributed by atoms with Crippen LogP contribution < -0.4 is 5.32 Å². The Hall–Kier alpha value is -3.03. The number of amides is 1. The molecule has 0 aliphatic rings. The largest absolute Gasteiger partial charge is 0.367 e. The lowest BCUT2D eigenvalue weighted by atomic mass is 10.1. The van der Waals surface area contributed by atoms with Gasteiger partial charge in [0, 0.05) is 24.4 Å². The average Bonchev–Trinajstić information content (AvgIpc) is 3.32. The van der Waals surface area contributed by atoms with Crippen LogP contribution in [0.4, 0.5) is 5.69 Å². The molecule has 7 heteroatoms. The van der Waals surface area contributed by atoms with E-state index in [0.29, 0.717) is 5.69 Å². The quantitative estimate of drug-likeness (QED) is 0.585. The Morgan fingerprint density at radius 2 is 2.04 bits per heavy atom. The van der Waals surface area contributed by atoms with Crippen LogP contribution in [0, 0.1) is 0 Å². The summed E-state index contributed by atoms with van der Waals surface area (Å²) in [6.07, 6.45) is 2.81. The fraction of sp³-hybridized carbons (Fsp3) is 0.105. The molecule has 0 radical (unpaired) electrons. The maximum atomic E-state index is 12.7. The number of methoxy groups -OCH3 is 1. The van der Waals surface area contributed by atoms with Crippen LogP contribution in [0.15, 0.2) is 66.4 Å². The number of benzene rings is 2. The van der Waals surface area contributed by atoms with Gasteiger partial charge in [0.05, 0.1) is 11.0 Å². The van der Waals surface area contributed by atoms with Crippen molar-refractivity contribution >= 4 is 34.0 Å². The van der Waals surface area contributed by atoms with Crippen molar-refractivity contribution in [1.82, 2.24) is 14.5 Å². The highest BCUT2D eigenvalue weighted by molar-refractivity contribution is 7.12. The summed E-state index contributed by atoms with van der Waals surface area (Å²) in [6.45, 7) is 0. The summed E-state index contributed by atoms with van der Waals surface area (Å²) < 4.78 is 7.29. The van der Waals surface area contributed by atoms with Crippen LogP contribution in [-0.4, -0.2) is 27.6 Å². The molecule has 0 bridgehead atoms. The third-order valence-corrected chi connectivity index (χ3v) is 4.79. The SMILES string of the molecule is COC(C(=O)Nc1ccc2ncn(-c3nccs3)c2c1)c1ccccc1. The fourth-order valence-electron chi connectivity index (χ4n) is 2.80. The number of rotatable bonds is 5. The second-order valence-corrected chi connectivity index (χ2v) is 6.52. The molecule has 0 aliphatic carbocycles. The molecule has 1 amide bonds. The molecule has 130 valence electrons. The number of ether oxygens (including phenoxy) is 1. The first-order chi connectivity index (χ1) is 12.8. The van der Waals surface area contributed by atoms with Gasteiger partial charge in [-0.25, -0.2) is 9.97 Å². The van der Waals surface area contributed by atoms with Gasteiger partial charge in [0.25, 0.3) is 5.91 Å². The van der Waals surface area contributed by atoms with E-state index in [2.05, 4.69) is 15.3 Å². The van der Waals surface area contributed by atoms with Crippen LogP contribution >= 0.6 is 11.3 Å². The molecule has 0 fully saturated rings. The van der Waals surface area contributed by atoms with Gasteiger partial charge >= 0.3 is 0 Å². The Labute approximate surface area is 154 Å². The van der Waals surface area contributed by atoms with Crippen LogP contribution in [0.3, 0.4) is 0 Å². The number of fused-ring (bicyclic) bond motifs is 1. The molecule has 1 atom stereocenters. The monoisotopic (exact) mass is 364 g/mol. The molecule has 2 aromatic heterocycles. The molecule has 4 rings (SSSR count). The Balaban J connectivity index is 1.63. The van der Waals surface area contributed by atoms with Crippen LogP contribution in [0.25, 0.3) is 16.2 Å². The minimum Gasteiger partial charge on any atom is -0.367 e. The number of carbonyl (C=O) groups excluding carboxylic acids is 1. The van der Waals surface area contributed by atoms with Crippen LogP contribution in [0.2, 0.25) is 0 Å². The molecule has 0 saturated heterocycles. The smallest absolute Gasteiger partial charge is 0.258 e. The summed E-state index contributed by atoms with van der Waals surface area (Å²) >= 11 is 1.53. The summed E-state index contributed by atoms with van der Waals surface area (Å²) in [5.41, 5.74) is 3.20. The van der Waals surface area contributed by atoms with Crippen LogP contribution in [0.1, 0.15) is 11.7 Å². The van der Waals surface area contributed by atoms with Gasteiger partial charge in [0.15, 0.2) is 11.2 Å². The molecule has 6 nitrogen and oxygen atoms in total. The highest BCUT2D eigenvalue weighted by Crippen LogP contribution is 2.24. The van der Waals surface area contributed by atoms with Crippen LogP contribution in [0.5, 0.6) is 0 Å². The summed E-state index contributed by atoms with van der Waals surface area (Å²) in [6, 6.07) is 15.0. The van der Waals surface area contributed by atoms with E-state index in [1.807, 2.05) is 58.5 Å². The van der Waals surface area contributed by atoms with E-state index in [9.17, 15) is 4.79 Å². The van der Waals surface area contributed by atoms with Crippen molar-refractivity contribution in [1.29, 1.82) is 0 Å². The Morgan fingerprint density at radius 1 is 1.19 bits per heavy atom. The Morgan fingerprint density at radius 3 is 2.77 bits per heavy atom. The number of imidazole rings is 1. The van der Waals surface area contributed by atoms with E-state index in [4.69, 9.17) is 4.74 Å². The number of nitrogens with zero attached hydrogens (tertiary/aromatic N) is 3. The molecular weight excluding hydrogens is 348 g/mol. The van der Waals surface area contributed by atoms with Crippen molar-refractivity contribution in [2.45, 2.75) is 6.10 Å². The maximum absolute atomic E-state index is 12.7. The lowest BCUT2D eigenvalue weighted by Gasteiger charge is -2.15. The van der Waals surface area contributed by atoms with Gasteiger partial charge in [-0.2, -0.15) is 0 Å². The summed E-state index contributed by atoms with van der Waals surface area (Å²) in [4.78, 5) is 21.4. The topological polar surface area (TPSA) is 69.0 Å². The first kappa shape index (κ1) is 16.4. The number of thiazole rings is 1. The number of hydrogen-bond donors (Lipinski definition) is 1. The van der Waals surface area contributed by atoms with Gasteiger partial charge in [-0.05, 0) is 23.8 Å². The summed E-state index contributed by atoms with van der Waals surface area (Å²) in [7, 11) is 1.53. The first-order valence-corrected chi connectivity index (χ1v) is 8.90. The summed E-state index contributed by atoms with van der Waals surface area (Å²) in [5, 5.41) is 5.67. The van der Waals surface area contributed by atoms with Crippen LogP contribution in [-0.2, 0) is 9.53 Å². The lowest BCUT2D eigenvalue weighted by molar-refractivity contribution is -0.126.